The number of hydrogen-bond donors (Lipinski definition) is 1. The van der Waals surface area contributed by atoms with Gasteiger partial charge < -0.3 is 5.32 Å². The van der Waals surface area contributed by atoms with Gasteiger partial charge in [-0.3, -0.25) is 9.78 Å². The van der Waals surface area contributed by atoms with Crippen LogP contribution in [0, 0.1) is 19.7 Å². The van der Waals surface area contributed by atoms with Crippen LogP contribution < -0.4 is 5.32 Å². The first-order valence-electron chi connectivity index (χ1n) is 7.44. The van der Waals surface area contributed by atoms with Gasteiger partial charge in [0.05, 0.1) is 11.1 Å². The van der Waals surface area contributed by atoms with E-state index in [4.69, 9.17) is 0 Å². The normalized spacial score (nSPS) is 10.7. The molecule has 116 valence electrons. The third-order valence-corrected chi connectivity index (χ3v) is 3.78. The molecule has 1 amide bonds. The molecular formula is C19H17FN2O. The lowest BCUT2D eigenvalue weighted by molar-refractivity contribution is 0.0952. The van der Waals surface area contributed by atoms with Gasteiger partial charge >= 0.3 is 0 Å². The van der Waals surface area contributed by atoms with Crippen molar-refractivity contribution in [1.29, 1.82) is 0 Å². The Labute approximate surface area is 134 Å². The Kier molecular flexibility index (Phi) is 4.06. The predicted molar refractivity (Wildman–Crippen MR) is 88.8 cm³/mol. The Hall–Kier alpha value is -2.75. The summed E-state index contributed by atoms with van der Waals surface area (Å²) in [7, 11) is 0. The highest BCUT2D eigenvalue weighted by molar-refractivity contribution is 6.06. The summed E-state index contributed by atoms with van der Waals surface area (Å²) >= 11 is 0. The summed E-state index contributed by atoms with van der Waals surface area (Å²) in [6, 6.07) is 14.3. The van der Waals surface area contributed by atoms with Crippen molar-refractivity contribution in [2.75, 3.05) is 0 Å². The summed E-state index contributed by atoms with van der Waals surface area (Å²) in [6.07, 6.45) is 0. The largest absolute Gasteiger partial charge is 0.348 e. The molecule has 0 spiro atoms. The molecule has 3 nitrogen and oxygen atoms in total. The van der Waals surface area contributed by atoms with E-state index in [0.717, 1.165) is 22.2 Å². The maximum Gasteiger partial charge on any atom is 0.252 e. The number of nitrogens with zero attached hydrogens (tertiary/aromatic N) is 1. The molecule has 0 radical (unpaired) electrons. The van der Waals surface area contributed by atoms with Crippen LogP contribution in [0.2, 0.25) is 0 Å². The topological polar surface area (TPSA) is 42.0 Å². The van der Waals surface area contributed by atoms with Crippen molar-refractivity contribution in [3.63, 3.8) is 0 Å². The fraction of sp³-hybridized carbons (Fsp3) is 0.158. The Morgan fingerprint density at radius 3 is 2.70 bits per heavy atom. The summed E-state index contributed by atoms with van der Waals surface area (Å²) in [5, 5.41) is 3.66. The minimum Gasteiger partial charge on any atom is -0.348 e. The minimum atomic E-state index is -0.262. The third kappa shape index (κ3) is 3.21. The van der Waals surface area contributed by atoms with E-state index in [0.29, 0.717) is 11.1 Å². The van der Waals surface area contributed by atoms with Crippen molar-refractivity contribution in [2.24, 2.45) is 0 Å². The van der Waals surface area contributed by atoms with Gasteiger partial charge in [-0.2, -0.15) is 0 Å². The lowest BCUT2D eigenvalue weighted by atomic mass is 10.1. The minimum absolute atomic E-state index is 0.187. The highest BCUT2D eigenvalue weighted by atomic mass is 19.1. The number of aryl methyl sites for hydroxylation is 2. The van der Waals surface area contributed by atoms with E-state index in [1.54, 1.807) is 19.1 Å². The van der Waals surface area contributed by atoms with Gasteiger partial charge in [0.2, 0.25) is 0 Å². The Morgan fingerprint density at radius 2 is 1.91 bits per heavy atom. The number of carbonyl (C=O) groups excluding carboxylic acids is 1. The molecule has 3 rings (SSSR count). The molecule has 0 bridgehead atoms. The molecule has 0 atom stereocenters. The highest BCUT2D eigenvalue weighted by Gasteiger charge is 2.11. The number of fused-ring (bicyclic) bond motifs is 1. The highest BCUT2D eigenvalue weighted by Crippen LogP contribution is 2.18. The first-order chi connectivity index (χ1) is 11.0. The second-order valence-electron chi connectivity index (χ2n) is 5.59. The molecule has 0 fully saturated rings. The third-order valence-electron chi connectivity index (χ3n) is 3.78. The number of hydrogen-bond acceptors (Lipinski definition) is 2. The standard InChI is InChI=1S/C19H17FN2O/c1-12-7-8-14(10-17(12)20)11-21-19(23)16-9-13(2)22-18-6-4-3-5-15(16)18/h3-10H,11H2,1-2H3,(H,21,23). The fourth-order valence-corrected chi connectivity index (χ4v) is 2.52. The number of pyridine rings is 1. The molecule has 0 saturated carbocycles. The van der Waals surface area contributed by atoms with Gasteiger partial charge in [-0.1, -0.05) is 30.3 Å². The number of benzene rings is 2. The summed E-state index contributed by atoms with van der Waals surface area (Å²) < 4.78 is 13.6. The molecule has 1 aromatic heterocycles. The van der Waals surface area contributed by atoms with Gasteiger partial charge in [0.1, 0.15) is 5.82 Å². The smallest absolute Gasteiger partial charge is 0.252 e. The van der Waals surface area contributed by atoms with Crippen LogP contribution in [0.1, 0.15) is 27.2 Å². The van der Waals surface area contributed by atoms with Gasteiger partial charge in [0, 0.05) is 17.6 Å². The first-order valence-corrected chi connectivity index (χ1v) is 7.44. The molecule has 4 heteroatoms. The van der Waals surface area contributed by atoms with Crippen molar-refractivity contribution in [3.05, 3.63) is 76.7 Å². The summed E-state index contributed by atoms with van der Waals surface area (Å²) in [5.74, 6) is -0.449. The van der Waals surface area contributed by atoms with E-state index in [2.05, 4.69) is 10.3 Å². The first kappa shape index (κ1) is 15.2. The predicted octanol–water partition coefficient (Wildman–Crippen LogP) is 3.92. The van der Waals surface area contributed by atoms with E-state index in [1.807, 2.05) is 37.3 Å². The van der Waals surface area contributed by atoms with Gasteiger partial charge in [-0.25, -0.2) is 4.39 Å². The summed E-state index contributed by atoms with van der Waals surface area (Å²) in [4.78, 5) is 16.9. The van der Waals surface area contributed by atoms with Crippen LogP contribution in [-0.4, -0.2) is 10.9 Å². The fourth-order valence-electron chi connectivity index (χ4n) is 2.52. The zero-order chi connectivity index (χ0) is 16.4. The zero-order valence-corrected chi connectivity index (χ0v) is 13.1. The maximum atomic E-state index is 13.6. The van der Waals surface area contributed by atoms with Crippen molar-refractivity contribution >= 4 is 16.8 Å². The Bertz CT molecular complexity index is 890. The van der Waals surface area contributed by atoms with E-state index < -0.39 is 0 Å². The second-order valence-corrected chi connectivity index (χ2v) is 5.59. The quantitative estimate of drug-likeness (QED) is 0.797. The average Bonchev–Trinajstić information content (AvgIpc) is 2.54. The van der Waals surface area contributed by atoms with Crippen LogP contribution in [0.15, 0.2) is 48.5 Å². The molecule has 0 aliphatic rings. The number of nitrogens with one attached hydrogen (secondary N) is 1. The van der Waals surface area contributed by atoms with Gasteiger partial charge in [0.15, 0.2) is 0 Å². The number of rotatable bonds is 3. The van der Waals surface area contributed by atoms with Crippen LogP contribution in [-0.2, 0) is 6.54 Å². The molecule has 1 heterocycles. The van der Waals surface area contributed by atoms with Crippen LogP contribution in [0.5, 0.6) is 0 Å². The lowest BCUT2D eigenvalue weighted by Crippen LogP contribution is -2.23. The van der Waals surface area contributed by atoms with Crippen molar-refractivity contribution < 1.29 is 9.18 Å². The van der Waals surface area contributed by atoms with Crippen molar-refractivity contribution in [3.8, 4) is 0 Å². The molecular weight excluding hydrogens is 291 g/mol. The molecule has 2 aromatic carbocycles. The van der Waals surface area contributed by atoms with Crippen LogP contribution >= 0.6 is 0 Å². The molecule has 3 aromatic rings. The zero-order valence-electron chi connectivity index (χ0n) is 13.1. The number of halogens is 1. The van der Waals surface area contributed by atoms with E-state index in [9.17, 15) is 9.18 Å². The van der Waals surface area contributed by atoms with Crippen molar-refractivity contribution in [2.45, 2.75) is 20.4 Å². The van der Waals surface area contributed by atoms with Crippen LogP contribution in [0.25, 0.3) is 10.9 Å². The van der Waals surface area contributed by atoms with Crippen LogP contribution in [0.3, 0.4) is 0 Å². The average molecular weight is 308 g/mol. The van der Waals surface area contributed by atoms with E-state index >= 15 is 0 Å². The second kappa shape index (κ2) is 6.16. The SMILES string of the molecule is Cc1cc(C(=O)NCc2ccc(C)c(F)c2)c2ccccc2n1. The van der Waals surface area contributed by atoms with Gasteiger partial charge in [0.25, 0.3) is 5.91 Å². The maximum absolute atomic E-state index is 13.6. The number of carbonyl (C=O) groups is 1. The summed E-state index contributed by atoms with van der Waals surface area (Å²) in [6.45, 7) is 3.86. The number of aromatic nitrogens is 1. The van der Waals surface area contributed by atoms with E-state index in [-0.39, 0.29) is 18.3 Å². The molecule has 0 unspecified atom stereocenters. The Morgan fingerprint density at radius 1 is 1.13 bits per heavy atom. The van der Waals surface area contributed by atoms with Gasteiger partial charge in [-0.05, 0) is 43.2 Å². The van der Waals surface area contributed by atoms with Gasteiger partial charge in [-0.15, -0.1) is 0 Å². The van der Waals surface area contributed by atoms with E-state index in [1.165, 1.54) is 6.07 Å². The monoisotopic (exact) mass is 308 g/mol. The number of para-hydroxylation sites is 1. The van der Waals surface area contributed by atoms with Crippen molar-refractivity contribution in [1.82, 2.24) is 10.3 Å². The van der Waals surface area contributed by atoms with Crippen LogP contribution in [0.4, 0.5) is 4.39 Å². The molecule has 0 saturated heterocycles. The molecule has 0 aliphatic heterocycles. The Balaban J connectivity index is 1.84. The summed E-state index contributed by atoms with van der Waals surface area (Å²) in [5.41, 5.74) is 3.49. The molecule has 0 aliphatic carbocycles. The number of amides is 1. The lowest BCUT2D eigenvalue weighted by Gasteiger charge is -2.09. The molecule has 1 N–H and O–H groups in total. The molecule has 23 heavy (non-hydrogen) atoms.